The van der Waals surface area contributed by atoms with E-state index in [4.69, 9.17) is 4.79 Å². The van der Waals surface area contributed by atoms with Gasteiger partial charge in [0.2, 0.25) is 0 Å². The van der Waals surface area contributed by atoms with E-state index in [-0.39, 0.29) is 53.5 Å². The predicted molar refractivity (Wildman–Crippen MR) is 32.3 cm³/mol. The van der Waals surface area contributed by atoms with Gasteiger partial charge in [-0.2, -0.15) is 0 Å². The van der Waals surface area contributed by atoms with Gasteiger partial charge in [0.05, 0.1) is 12.3 Å². The Morgan fingerprint density at radius 2 is 1.78 bits per heavy atom. The first-order chi connectivity index (χ1) is 2.77. The molecule has 0 aromatic heterocycles. The molecule has 0 fully saturated rings. The third kappa shape index (κ3) is 30.5. The van der Waals surface area contributed by atoms with Crippen LogP contribution in [0.4, 0.5) is 0 Å². The molecule has 0 atom stereocenters. The zero-order valence-corrected chi connectivity index (χ0v) is 8.73. The first kappa shape index (κ1) is 22.8. The Labute approximate surface area is 81.5 Å². The molecule has 0 radical (unpaired) electrons. The van der Waals surface area contributed by atoms with Crippen LogP contribution in [-0.2, 0) is 42.3 Å². The number of carbonyl (C=O) groups is 1. The Hall–Kier alpha value is 0.244. The van der Waals surface area contributed by atoms with Crippen molar-refractivity contribution in [1.82, 2.24) is 5.32 Å². The van der Waals surface area contributed by atoms with Crippen molar-refractivity contribution < 1.29 is 42.3 Å². The van der Waals surface area contributed by atoms with Crippen LogP contribution in [0.3, 0.4) is 0 Å². The van der Waals surface area contributed by atoms with Crippen molar-refractivity contribution in [2.45, 2.75) is 6.92 Å². The van der Waals surface area contributed by atoms with Crippen LogP contribution in [0.25, 0.3) is 0 Å². The summed E-state index contributed by atoms with van der Waals surface area (Å²) in [6.45, 7) is 1.24. The zero-order chi connectivity index (χ0) is 4.99. The van der Waals surface area contributed by atoms with Crippen molar-refractivity contribution in [3.63, 3.8) is 0 Å². The summed E-state index contributed by atoms with van der Waals surface area (Å²) in [7, 11) is 0. The molecule has 2 amide bonds. The van der Waals surface area contributed by atoms with Crippen LogP contribution in [0.15, 0.2) is 0 Å². The summed E-state index contributed by atoms with van der Waals surface area (Å²) >= 11 is 0. The molecule has 50 valence electrons. The maximum absolute atomic E-state index is 9.67. The van der Waals surface area contributed by atoms with Crippen LogP contribution >= 0.6 is 0 Å². The molecule has 0 rings (SSSR count). The normalized spacial score (nSPS) is 4.56. The van der Waals surface area contributed by atoms with Crippen molar-refractivity contribution in [2.75, 3.05) is 0 Å². The number of hydrogen-bond donors (Lipinski definition) is 1. The standard InChI is InChI=1S/C3H4NO2.2CH3.Y/c1-3(6)4-2-5;;;/h1H3,(H,4,5,6);2*1H3;/q3*-1;+3. The summed E-state index contributed by atoms with van der Waals surface area (Å²) < 4.78 is 0. The quantitative estimate of drug-likeness (QED) is 0.487. The number of imide groups is 1. The molecule has 0 saturated carbocycles. The Balaban J connectivity index is -0.0000000417. The minimum atomic E-state index is -0.384. The first-order valence-electron chi connectivity index (χ1n) is 1.41. The number of carbonyl (C=O) groups excluding carboxylic acids is 2. The van der Waals surface area contributed by atoms with E-state index in [0.717, 1.165) is 0 Å². The predicted octanol–water partition coefficient (Wildman–Crippen LogP) is 0.0878. The van der Waals surface area contributed by atoms with Gasteiger partial charge in [0, 0.05) is 0 Å². The van der Waals surface area contributed by atoms with Gasteiger partial charge in [-0.25, -0.2) is 0 Å². The average Bonchev–Trinajstić information content (AvgIpc) is 1.35. The Morgan fingerprint density at radius 1 is 1.44 bits per heavy atom. The summed E-state index contributed by atoms with van der Waals surface area (Å²) in [6, 6.07) is 0. The van der Waals surface area contributed by atoms with Crippen LogP contribution in [-0.4, -0.2) is 12.3 Å². The minimum Gasteiger partial charge on any atom is -0.462 e. The largest absolute Gasteiger partial charge is 3.00 e. The molecule has 0 aromatic rings. The topological polar surface area (TPSA) is 46.2 Å². The monoisotopic (exact) mass is 205 g/mol. The minimum absolute atomic E-state index is 0. The fourth-order valence-electron chi connectivity index (χ4n) is 0.0719. The van der Waals surface area contributed by atoms with Gasteiger partial charge in [-0.05, 0) is 0 Å². The molecule has 0 aliphatic heterocycles. The zero-order valence-electron chi connectivity index (χ0n) is 5.89. The molecule has 0 unspecified atom stereocenters. The van der Waals surface area contributed by atoms with E-state index in [0.29, 0.717) is 0 Å². The number of hydrogen-bond acceptors (Lipinski definition) is 2. The van der Waals surface area contributed by atoms with Crippen LogP contribution in [0.5, 0.6) is 0 Å². The van der Waals surface area contributed by atoms with Gasteiger partial charge in [-0.15, -0.1) is 0 Å². The van der Waals surface area contributed by atoms with Gasteiger partial charge in [0.15, 0.2) is 0 Å². The van der Waals surface area contributed by atoms with Crippen LogP contribution in [0, 0.1) is 14.9 Å². The fourth-order valence-corrected chi connectivity index (χ4v) is 0.0719. The van der Waals surface area contributed by atoms with E-state index in [1.807, 2.05) is 0 Å². The molecule has 0 saturated heterocycles. The van der Waals surface area contributed by atoms with Crippen molar-refractivity contribution >= 4 is 12.3 Å². The van der Waals surface area contributed by atoms with Crippen molar-refractivity contribution in [3.05, 3.63) is 14.9 Å². The molecule has 0 spiro atoms. The SMILES string of the molecule is CC(=O)N[C-]=O.[CH3-].[CH3-].[Y+3]. The molecule has 0 aliphatic rings. The Morgan fingerprint density at radius 3 is 1.78 bits per heavy atom. The number of rotatable bonds is 1. The van der Waals surface area contributed by atoms with E-state index in [1.165, 1.54) is 13.3 Å². The van der Waals surface area contributed by atoms with E-state index < -0.39 is 0 Å². The second kappa shape index (κ2) is 15.7. The average molecular weight is 205 g/mol. The summed E-state index contributed by atoms with van der Waals surface area (Å²) in [5.74, 6) is -0.384. The summed E-state index contributed by atoms with van der Waals surface area (Å²) in [4.78, 5) is 18.8. The van der Waals surface area contributed by atoms with Crippen molar-refractivity contribution in [1.29, 1.82) is 0 Å². The second-order valence-electron chi connectivity index (χ2n) is 0.783. The molecule has 1 N–H and O–H groups in total. The second-order valence-corrected chi connectivity index (χ2v) is 0.783. The van der Waals surface area contributed by atoms with Crippen molar-refractivity contribution in [3.8, 4) is 0 Å². The molecule has 9 heavy (non-hydrogen) atoms. The molecular formula is C5H10NO2Y. The molecule has 3 nitrogen and oxygen atoms in total. The molecule has 0 aromatic carbocycles. The number of nitrogens with one attached hydrogen (secondary N) is 1. The third-order valence-corrected chi connectivity index (χ3v) is 0.227. The molecule has 0 bridgehead atoms. The van der Waals surface area contributed by atoms with Gasteiger partial charge >= 0.3 is 32.7 Å². The third-order valence-electron chi connectivity index (χ3n) is 0.227. The maximum atomic E-state index is 9.67. The molecule has 0 aliphatic carbocycles. The summed E-state index contributed by atoms with van der Waals surface area (Å²) in [6.07, 6.45) is 1.22. The van der Waals surface area contributed by atoms with Crippen LogP contribution in [0.1, 0.15) is 6.92 Å². The first-order valence-corrected chi connectivity index (χ1v) is 1.41. The van der Waals surface area contributed by atoms with E-state index in [9.17, 15) is 4.79 Å². The molecule has 0 heterocycles. The van der Waals surface area contributed by atoms with Gasteiger partial charge in [0.1, 0.15) is 0 Å². The summed E-state index contributed by atoms with van der Waals surface area (Å²) in [5, 5.41) is 1.76. The van der Waals surface area contributed by atoms with Crippen molar-refractivity contribution in [2.24, 2.45) is 0 Å². The van der Waals surface area contributed by atoms with Gasteiger partial charge in [-0.1, -0.05) is 6.92 Å². The fraction of sp³-hybridized carbons (Fsp3) is 0.200. The van der Waals surface area contributed by atoms with Gasteiger partial charge in [0.25, 0.3) is 0 Å². The molecular weight excluding hydrogens is 195 g/mol. The van der Waals surface area contributed by atoms with E-state index >= 15 is 0 Å². The van der Waals surface area contributed by atoms with E-state index in [1.54, 1.807) is 5.32 Å². The van der Waals surface area contributed by atoms with Gasteiger partial charge < -0.3 is 29.8 Å². The smallest absolute Gasteiger partial charge is 0.462 e. The maximum Gasteiger partial charge on any atom is 3.00 e. The van der Waals surface area contributed by atoms with Crippen LogP contribution in [0.2, 0.25) is 0 Å². The van der Waals surface area contributed by atoms with Crippen LogP contribution < -0.4 is 5.32 Å². The Kier molecular flexibility index (Phi) is 39.9. The molecule has 4 heteroatoms. The van der Waals surface area contributed by atoms with Gasteiger partial charge in [-0.3, -0.25) is 0 Å². The van der Waals surface area contributed by atoms with E-state index in [2.05, 4.69) is 0 Å². The summed E-state index contributed by atoms with van der Waals surface area (Å²) in [5.41, 5.74) is 0. The number of amides is 2. The Bertz CT molecular complexity index is 75.4.